The summed E-state index contributed by atoms with van der Waals surface area (Å²) in [6.07, 6.45) is 7.86. The van der Waals surface area contributed by atoms with E-state index >= 15 is 0 Å². The van der Waals surface area contributed by atoms with Crippen molar-refractivity contribution >= 4 is 13.2 Å². The van der Waals surface area contributed by atoms with Crippen LogP contribution in [0.2, 0.25) is 0 Å². The van der Waals surface area contributed by atoms with Gasteiger partial charge >= 0.3 is 5.97 Å². The quantitative estimate of drug-likeness (QED) is 0.578. The van der Waals surface area contributed by atoms with E-state index in [-0.39, 0.29) is 5.97 Å². The summed E-state index contributed by atoms with van der Waals surface area (Å²) in [4.78, 5) is 14.7. The molecular formula is C19H30N2O2P+. The summed E-state index contributed by atoms with van der Waals surface area (Å²) >= 11 is 0. The van der Waals surface area contributed by atoms with Gasteiger partial charge < -0.3 is 10.5 Å². The van der Waals surface area contributed by atoms with E-state index in [0.29, 0.717) is 13.0 Å². The first kappa shape index (κ1) is 17.8. The van der Waals surface area contributed by atoms with E-state index in [1.165, 1.54) is 49.2 Å². The van der Waals surface area contributed by atoms with Crippen LogP contribution in [0.5, 0.6) is 0 Å². The molecule has 3 fully saturated rings. The average Bonchev–Trinajstić information content (AvgIpc) is 2.63. The summed E-state index contributed by atoms with van der Waals surface area (Å²) < 4.78 is 5.69. The lowest BCUT2D eigenvalue weighted by atomic mass is 10.00. The van der Waals surface area contributed by atoms with E-state index in [1.54, 1.807) is 0 Å². The van der Waals surface area contributed by atoms with E-state index in [1.807, 2.05) is 0 Å². The highest BCUT2D eigenvalue weighted by Crippen LogP contribution is 2.62. The van der Waals surface area contributed by atoms with Crippen molar-refractivity contribution in [2.45, 2.75) is 25.7 Å². The van der Waals surface area contributed by atoms with E-state index in [0.717, 1.165) is 25.6 Å². The van der Waals surface area contributed by atoms with Crippen LogP contribution in [0, 0.1) is 0 Å². The number of esters is 1. The third-order valence-corrected chi connectivity index (χ3v) is 9.65. The Kier molecular flexibility index (Phi) is 6.26. The number of nitrogens with zero attached hydrogens (tertiary/aromatic N) is 1. The monoisotopic (exact) mass is 349 g/mol. The molecule has 3 heterocycles. The molecule has 1 aromatic rings. The summed E-state index contributed by atoms with van der Waals surface area (Å²) in [5, 5.41) is 0. The molecule has 3 aliphatic heterocycles. The second-order valence-electron chi connectivity index (χ2n) is 7.16. The molecule has 3 saturated heterocycles. The van der Waals surface area contributed by atoms with Crippen molar-refractivity contribution in [2.75, 3.05) is 51.0 Å². The van der Waals surface area contributed by atoms with Crippen LogP contribution in [0.3, 0.4) is 0 Å². The number of hydrogen-bond acceptors (Lipinski definition) is 4. The number of nitrogens with two attached hydrogens (primary N) is 1. The molecule has 0 spiro atoms. The largest absolute Gasteiger partial charge is 0.430 e. The molecule has 5 heteroatoms. The van der Waals surface area contributed by atoms with Crippen LogP contribution in [0.15, 0.2) is 24.3 Å². The van der Waals surface area contributed by atoms with Gasteiger partial charge in [-0.1, -0.05) is 24.3 Å². The van der Waals surface area contributed by atoms with Crippen molar-refractivity contribution in [2.24, 2.45) is 5.73 Å². The third-order valence-electron chi connectivity index (χ3n) is 5.53. The molecule has 2 bridgehead atoms. The van der Waals surface area contributed by atoms with Gasteiger partial charge in [-0.3, -0.25) is 9.69 Å². The minimum atomic E-state index is -0.965. The zero-order valence-electron chi connectivity index (χ0n) is 14.6. The van der Waals surface area contributed by atoms with Crippen molar-refractivity contribution in [3.8, 4) is 0 Å². The molecule has 2 N–H and O–H groups in total. The zero-order valence-corrected chi connectivity index (χ0v) is 15.5. The fraction of sp³-hybridized carbons (Fsp3) is 0.632. The molecule has 0 radical (unpaired) electrons. The minimum absolute atomic E-state index is 0.00585. The molecule has 0 aromatic heterocycles. The Hall–Kier alpha value is -0.960. The van der Waals surface area contributed by atoms with Gasteiger partial charge in [0.15, 0.2) is 6.35 Å². The summed E-state index contributed by atoms with van der Waals surface area (Å²) in [5.41, 5.74) is 8.30. The maximum atomic E-state index is 12.1. The Labute approximate surface area is 146 Å². The summed E-state index contributed by atoms with van der Waals surface area (Å²) in [6, 6.07) is 8.41. The maximum Gasteiger partial charge on any atom is 0.308 e. The Balaban J connectivity index is 1.40. The SMILES string of the molecule is NCCc1ccccc1CCCC(=O)OC[P+]12CCN(CC1)CC2. The number of hydrogen-bond donors (Lipinski definition) is 1. The van der Waals surface area contributed by atoms with Gasteiger partial charge in [0.25, 0.3) is 0 Å². The first-order valence-corrected chi connectivity index (χ1v) is 11.7. The smallest absolute Gasteiger partial charge is 0.308 e. The number of aryl methyl sites for hydroxylation is 1. The molecule has 4 rings (SSSR count). The standard InChI is InChI=1S/C19H30N2O2P/c20-9-8-18-5-2-1-4-17(18)6-3-7-19(22)23-16-24-13-10-21(11-14-24)12-15-24/h1-2,4-5H,3,6-16,20H2/q+1. The van der Waals surface area contributed by atoms with E-state index in [4.69, 9.17) is 10.5 Å². The maximum absolute atomic E-state index is 12.1. The van der Waals surface area contributed by atoms with Crippen molar-refractivity contribution in [3.63, 3.8) is 0 Å². The third kappa shape index (κ3) is 4.56. The molecule has 4 nitrogen and oxygen atoms in total. The van der Waals surface area contributed by atoms with Gasteiger partial charge in [0.05, 0.1) is 25.7 Å². The van der Waals surface area contributed by atoms with Crippen molar-refractivity contribution in [3.05, 3.63) is 35.4 Å². The van der Waals surface area contributed by atoms with Crippen LogP contribution < -0.4 is 5.73 Å². The van der Waals surface area contributed by atoms with Gasteiger partial charge in [0.2, 0.25) is 0 Å². The second-order valence-corrected chi connectivity index (χ2v) is 11.4. The van der Waals surface area contributed by atoms with Crippen molar-refractivity contribution in [1.82, 2.24) is 4.90 Å². The lowest BCUT2D eigenvalue weighted by Crippen LogP contribution is -2.46. The fourth-order valence-corrected chi connectivity index (χ4v) is 7.43. The van der Waals surface area contributed by atoms with Crippen molar-refractivity contribution in [1.29, 1.82) is 0 Å². The Morgan fingerprint density at radius 1 is 1.08 bits per heavy atom. The number of benzene rings is 1. The lowest BCUT2D eigenvalue weighted by Gasteiger charge is -2.42. The number of rotatable bonds is 8. The number of carbonyl (C=O) groups excluding carboxylic acids is 1. The molecule has 3 aliphatic rings. The average molecular weight is 349 g/mol. The predicted molar refractivity (Wildman–Crippen MR) is 101 cm³/mol. The minimum Gasteiger partial charge on any atom is -0.430 e. The Bertz CT molecular complexity index is 542. The molecule has 24 heavy (non-hydrogen) atoms. The Morgan fingerprint density at radius 3 is 2.33 bits per heavy atom. The van der Waals surface area contributed by atoms with Gasteiger partial charge in [0.1, 0.15) is 0 Å². The molecular weight excluding hydrogens is 319 g/mol. The van der Waals surface area contributed by atoms with Gasteiger partial charge in [0, 0.05) is 26.1 Å². The van der Waals surface area contributed by atoms with E-state index < -0.39 is 7.26 Å². The first-order valence-electron chi connectivity index (χ1n) is 9.21. The van der Waals surface area contributed by atoms with Crippen molar-refractivity contribution < 1.29 is 9.53 Å². The van der Waals surface area contributed by atoms with Crippen LogP contribution in [-0.4, -0.2) is 61.9 Å². The normalized spacial score (nSPS) is 25.6. The van der Waals surface area contributed by atoms with Crippen LogP contribution in [0.4, 0.5) is 0 Å². The highest BCUT2D eigenvalue weighted by atomic mass is 31.2. The van der Waals surface area contributed by atoms with Crippen LogP contribution in [-0.2, 0) is 22.4 Å². The summed E-state index contributed by atoms with van der Waals surface area (Å²) in [7, 11) is -0.965. The first-order chi connectivity index (χ1) is 11.7. The number of carbonyl (C=O) groups is 1. The van der Waals surface area contributed by atoms with Crippen LogP contribution >= 0.6 is 7.26 Å². The number of fused-ring (bicyclic) bond motifs is 3. The summed E-state index contributed by atoms with van der Waals surface area (Å²) in [6.45, 7) is 4.35. The zero-order chi connectivity index (χ0) is 16.8. The molecule has 0 atom stereocenters. The van der Waals surface area contributed by atoms with Crippen LogP contribution in [0.25, 0.3) is 0 Å². The van der Waals surface area contributed by atoms with Gasteiger partial charge in [-0.25, -0.2) is 0 Å². The van der Waals surface area contributed by atoms with Gasteiger partial charge in [-0.05, 0) is 36.9 Å². The van der Waals surface area contributed by atoms with Gasteiger partial charge in [-0.2, -0.15) is 0 Å². The van der Waals surface area contributed by atoms with Gasteiger partial charge in [-0.15, -0.1) is 0 Å². The topological polar surface area (TPSA) is 55.6 Å². The highest BCUT2D eigenvalue weighted by molar-refractivity contribution is 7.76. The Morgan fingerprint density at radius 2 is 1.71 bits per heavy atom. The molecule has 132 valence electrons. The fourth-order valence-electron chi connectivity index (χ4n) is 3.83. The second kappa shape index (κ2) is 8.42. The number of ether oxygens (including phenoxy) is 1. The van der Waals surface area contributed by atoms with E-state index in [9.17, 15) is 4.79 Å². The molecule has 0 saturated carbocycles. The summed E-state index contributed by atoms with van der Waals surface area (Å²) in [5.74, 6) is -0.00585. The molecule has 0 unspecified atom stereocenters. The predicted octanol–water partition coefficient (Wildman–Crippen LogP) is 2.36. The molecule has 0 amide bonds. The molecule has 1 aromatic carbocycles. The highest BCUT2D eigenvalue weighted by Gasteiger charge is 2.46. The molecule has 0 aliphatic carbocycles. The van der Waals surface area contributed by atoms with Crippen LogP contribution in [0.1, 0.15) is 24.0 Å². The van der Waals surface area contributed by atoms with E-state index in [2.05, 4.69) is 29.2 Å². The lowest BCUT2D eigenvalue weighted by molar-refractivity contribution is -0.141.